The van der Waals surface area contributed by atoms with Crippen LogP contribution in [0.3, 0.4) is 0 Å². The summed E-state index contributed by atoms with van der Waals surface area (Å²) in [5.41, 5.74) is 0.525. The Morgan fingerprint density at radius 1 is 1.27 bits per heavy atom. The van der Waals surface area contributed by atoms with Crippen molar-refractivity contribution in [3.63, 3.8) is 0 Å². The van der Waals surface area contributed by atoms with Crippen molar-refractivity contribution in [3.8, 4) is 0 Å². The van der Waals surface area contributed by atoms with Gasteiger partial charge >= 0.3 is 11.9 Å². The molecule has 2 aromatic rings. The molecule has 0 fully saturated rings. The molecule has 0 spiro atoms. The predicted octanol–water partition coefficient (Wildman–Crippen LogP) is 2.75. The van der Waals surface area contributed by atoms with Crippen LogP contribution in [-0.2, 0) is 9.53 Å². The Labute approximate surface area is 132 Å². The number of benzene rings is 1. The fourth-order valence-electron chi connectivity index (χ4n) is 1.49. The zero-order chi connectivity index (χ0) is 16.1. The molecule has 1 aromatic heterocycles. The number of para-hydroxylation sites is 1. The summed E-state index contributed by atoms with van der Waals surface area (Å²) < 4.78 is 10.1. The predicted molar refractivity (Wildman–Crippen MR) is 78.4 cm³/mol. The molecule has 0 unspecified atom stereocenters. The van der Waals surface area contributed by atoms with E-state index in [1.807, 2.05) is 0 Å². The number of halogens is 1. The first-order valence-electron chi connectivity index (χ1n) is 5.93. The standard InChI is InChI=1S/C13H9BrN2O6/c14-8-3-1-2-4-9(8)15-11(17)7-21-13(18)10-5-6-12(22-10)16(19)20/h1-6H,7H2,(H,15,17). The molecule has 0 aliphatic carbocycles. The van der Waals surface area contributed by atoms with Crippen molar-refractivity contribution in [2.45, 2.75) is 0 Å². The lowest BCUT2D eigenvalue weighted by Crippen LogP contribution is -2.20. The van der Waals surface area contributed by atoms with E-state index in [1.54, 1.807) is 24.3 Å². The Morgan fingerprint density at radius 2 is 2.00 bits per heavy atom. The highest BCUT2D eigenvalue weighted by Crippen LogP contribution is 2.21. The summed E-state index contributed by atoms with van der Waals surface area (Å²) in [6, 6.07) is 9.05. The van der Waals surface area contributed by atoms with Gasteiger partial charge < -0.3 is 14.5 Å². The summed E-state index contributed by atoms with van der Waals surface area (Å²) in [6.45, 7) is -0.547. The van der Waals surface area contributed by atoms with E-state index >= 15 is 0 Å². The molecule has 22 heavy (non-hydrogen) atoms. The average Bonchev–Trinajstić information content (AvgIpc) is 2.97. The van der Waals surface area contributed by atoms with E-state index < -0.39 is 29.3 Å². The van der Waals surface area contributed by atoms with Gasteiger partial charge in [-0.25, -0.2) is 4.79 Å². The normalized spacial score (nSPS) is 10.0. The second-order valence-electron chi connectivity index (χ2n) is 4.00. The molecule has 2 rings (SSSR count). The number of carbonyl (C=O) groups is 2. The number of rotatable bonds is 5. The molecule has 0 saturated carbocycles. The van der Waals surface area contributed by atoms with Gasteiger partial charge in [0.1, 0.15) is 4.92 Å². The van der Waals surface area contributed by atoms with E-state index in [0.29, 0.717) is 10.2 Å². The largest absolute Gasteiger partial charge is 0.450 e. The number of furan rings is 1. The van der Waals surface area contributed by atoms with Crippen LogP contribution in [0.4, 0.5) is 11.6 Å². The number of amides is 1. The van der Waals surface area contributed by atoms with Gasteiger partial charge in [-0.3, -0.25) is 14.9 Å². The monoisotopic (exact) mass is 368 g/mol. The summed E-state index contributed by atoms with van der Waals surface area (Å²) in [5.74, 6) is -2.44. The lowest BCUT2D eigenvalue weighted by atomic mass is 10.3. The lowest BCUT2D eigenvalue weighted by Gasteiger charge is -2.07. The average molecular weight is 369 g/mol. The summed E-state index contributed by atoms with van der Waals surface area (Å²) in [6.07, 6.45) is 0. The molecule has 1 amide bonds. The maximum absolute atomic E-state index is 11.7. The molecular formula is C13H9BrN2O6. The Bertz CT molecular complexity index is 727. The van der Waals surface area contributed by atoms with E-state index in [4.69, 9.17) is 4.74 Å². The SMILES string of the molecule is O=C(COC(=O)c1ccc([N+](=O)[O-])o1)Nc1ccccc1Br. The minimum absolute atomic E-state index is 0.347. The highest BCUT2D eigenvalue weighted by atomic mass is 79.9. The fraction of sp³-hybridized carbons (Fsp3) is 0.0769. The van der Waals surface area contributed by atoms with Gasteiger partial charge in [-0.1, -0.05) is 12.1 Å². The summed E-state index contributed by atoms with van der Waals surface area (Å²) in [4.78, 5) is 32.9. The van der Waals surface area contributed by atoms with Crippen molar-refractivity contribution in [1.82, 2.24) is 0 Å². The van der Waals surface area contributed by atoms with Crippen molar-refractivity contribution in [2.24, 2.45) is 0 Å². The molecule has 0 aliphatic rings. The van der Waals surface area contributed by atoms with Crippen molar-refractivity contribution >= 4 is 39.4 Å². The second kappa shape index (κ2) is 6.85. The molecule has 0 saturated heterocycles. The van der Waals surface area contributed by atoms with Crippen LogP contribution < -0.4 is 5.32 Å². The van der Waals surface area contributed by atoms with E-state index in [9.17, 15) is 19.7 Å². The van der Waals surface area contributed by atoms with E-state index in [1.165, 1.54) is 0 Å². The van der Waals surface area contributed by atoms with Crippen molar-refractivity contribution in [1.29, 1.82) is 0 Å². The number of hydrogen-bond donors (Lipinski definition) is 1. The van der Waals surface area contributed by atoms with Gasteiger partial charge in [0, 0.05) is 4.47 Å². The van der Waals surface area contributed by atoms with Crippen LogP contribution in [0, 0.1) is 10.1 Å². The summed E-state index contributed by atoms with van der Waals surface area (Å²) in [5, 5.41) is 13.0. The quantitative estimate of drug-likeness (QED) is 0.493. The number of ether oxygens (including phenoxy) is 1. The van der Waals surface area contributed by atoms with Gasteiger partial charge in [-0.15, -0.1) is 0 Å². The Kier molecular flexibility index (Phi) is 4.89. The number of nitrogens with zero attached hydrogens (tertiary/aromatic N) is 1. The minimum atomic E-state index is -0.963. The van der Waals surface area contributed by atoms with Crippen LogP contribution >= 0.6 is 15.9 Å². The number of nitro groups is 1. The summed E-state index contributed by atoms with van der Waals surface area (Å²) >= 11 is 3.26. The molecule has 0 radical (unpaired) electrons. The zero-order valence-electron chi connectivity index (χ0n) is 10.9. The fourth-order valence-corrected chi connectivity index (χ4v) is 1.87. The van der Waals surface area contributed by atoms with Crippen molar-refractivity contribution < 1.29 is 23.7 Å². The number of carbonyl (C=O) groups excluding carboxylic acids is 2. The highest BCUT2D eigenvalue weighted by molar-refractivity contribution is 9.10. The zero-order valence-corrected chi connectivity index (χ0v) is 12.5. The Balaban J connectivity index is 1.89. The van der Waals surface area contributed by atoms with Crippen molar-refractivity contribution in [2.75, 3.05) is 11.9 Å². The van der Waals surface area contributed by atoms with Gasteiger partial charge in [-0.2, -0.15) is 0 Å². The first kappa shape index (κ1) is 15.7. The number of nitrogens with one attached hydrogen (secondary N) is 1. The van der Waals surface area contributed by atoms with Crippen LogP contribution in [0.2, 0.25) is 0 Å². The van der Waals surface area contributed by atoms with E-state index in [-0.39, 0.29) is 5.76 Å². The molecule has 1 N–H and O–H groups in total. The molecule has 0 aliphatic heterocycles. The van der Waals surface area contributed by atoms with E-state index in [0.717, 1.165) is 12.1 Å². The Hall–Kier alpha value is -2.68. The minimum Gasteiger partial charge on any atom is -0.450 e. The van der Waals surface area contributed by atoms with Crippen LogP contribution in [-0.4, -0.2) is 23.4 Å². The molecule has 114 valence electrons. The van der Waals surface area contributed by atoms with Crippen molar-refractivity contribution in [3.05, 3.63) is 56.7 Å². The first-order valence-corrected chi connectivity index (χ1v) is 6.72. The third kappa shape index (κ3) is 3.92. The third-order valence-corrected chi connectivity index (χ3v) is 3.15. The van der Waals surface area contributed by atoms with Crippen LogP contribution in [0.5, 0.6) is 0 Å². The molecule has 8 nitrogen and oxygen atoms in total. The van der Waals surface area contributed by atoms with Crippen LogP contribution in [0.15, 0.2) is 45.3 Å². The van der Waals surface area contributed by atoms with Gasteiger partial charge in [0.25, 0.3) is 5.91 Å². The molecule has 9 heteroatoms. The maximum Gasteiger partial charge on any atom is 0.433 e. The molecule has 1 heterocycles. The maximum atomic E-state index is 11.7. The Morgan fingerprint density at radius 3 is 2.64 bits per heavy atom. The molecule has 0 bridgehead atoms. The number of esters is 1. The number of anilines is 1. The highest BCUT2D eigenvalue weighted by Gasteiger charge is 2.19. The number of hydrogen-bond acceptors (Lipinski definition) is 6. The smallest absolute Gasteiger partial charge is 0.433 e. The second-order valence-corrected chi connectivity index (χ2v) is 4.85. The lowest BCUT2D eigenvalue weighted by molar-refractivity contribution is -0.402. The first-order chi connectivity index (χ1) is 10.5. The van der Waals surface area contributed by atoms with E-state index in [2.05, 4.69) is 25.7 Å². The third-order valence-electron chi connectivity index (χ3n) is 2.46. The molecule has 0 atom stereocenters. The van der Waals surface area contributed by atoms with Gasteiger partial charge in [0.2, 0.25) is 5.76 Å². The van der Waals surface area contributed by atoms with Gasteiger partial charge in [0.05, 0.1) is 11.8 Å². The molecule has 1 aromatic carbocycles. The molecular weight excluding hydrogens is 360 g/mol. The van der Waals surface area contributed by atoms with Gasteiger partial charge in [-0.05, 0) is 34.1 Å². The van der Waals surface area contributed by atoms with Crippen LogP contribution in [0.25, 0.3) is 0 Å². The van der Waals surface area contributed by atoms with Gasteiger partial charge in [0.15, 0.2) is 6.61 Å². The topological polar surface area (TPSA) is 112 Å². The summed E-state index contributed by atoms with van der Waals surface area (Å²) in [7, 11) is 0. The van der Waals surface area contributed by atoms with Crippen LogP contribution in [0.1, 0.15) is 10.6 Å².